The Morgan fingerprint density at radius 2 is 1.93 bits per heavy atom. The molecule has 1 heterocycles. The first-order valence-electron chi connectivity index (χ1n) is 8.59. The molecule has 0 N–H and O–H groups in total. The summed E-state index contributed by atoms with van der Waals surface area (Å²) in [5.41, 5.74) is 1.47. The van der Waals surface area contributed by atoms with Crippen LogP contribution >= 0.6 is 11.6 Å². The van der Waals surface area contributed by atoms with Gasteiger partial charge in [0.05, 0.1) is 19.8 Å². The number of halogens is 1. The number of aryl methyl sites for hydroxylation is 1. The van der Waals surface area contributed by atoms with Gasteiger partial charge in [0, 0.05) is 11.9 Å². The molecule has 148 valence electrons. The van der Waals surface area contributed by atoms with Crippen molar-refractivity contribution in [2.45, 2.75) is 20.1 Å². The normalized spacial score (nSPS) is 15.7. The van der Waals surface area contributed by atoms with Crippen molar-refractivity contribution in [2.24, 2.45) is 5.10 Å². The Labute approximate surface area is 168 Å². The second-order valence-electron chi connectivity index (χ2n) is 6.13. The summed E-state index contributed by atoms with van der Waals surface area (Å²) in [5, 5.41) is 6.19. The highest BCUT2D eigenvalue weighted by Crippen LogP contribution is 2.29. The van der Waals surface area contributed by atoms with E-state index in [0.717, 1.165) is 5.56 Å². The van der Waals surface area contributed by atoms with Crippen molar-refractivity contribution < 1.29 is 23.7 Å². The van der Waals surface area contributed by atoms with Crippen LogP contribution < -0.4 is 14.2 Å². The van der Waals surface area contributed by atoms with E-state index in [1.807, 2.05) is 6.92 Å². The molecule has 0 radical (unpaired) electrons. The van der Waals surface area contributed by atoms with E-state index in [0.29, 0.717) is 27.8 Å². The van der Waals surface area contributed by atoms with E-state index in [4.69, 9.17) is 30.5 Å². The first-order chi connectivity index (χ1) is 13.4. The number of hydrogen-bond donors (Lipinski definition) is 0. The molecule has 1 unspecified atom stereocenters. The van der Waals surface area contributed by atoms with Crippen LogP contribution in [-0.4, -0.2) is 43.9 Å². The van der Waals surface area contributed by atoms with E-state index < -0.39 is 6.23 Å². The van der Waals surface area contributed by atoms with E-state index in [2.05, 4.69) is 5.10 Å². The van der Waals surface area contributed by atoms with E-state index in [-0.39, 0.29) is 18.4 Å². The molecular formula is C20H21ClN2O5. The average Bonchev–Trinajstić information content (AvgIpc) is 3.11. The molecule has 0 bridgehead atoms. The monoisotopic (exact) mass is 404 g/mol. The number of methoxy groups -OCH3 is 2. The fraction of sp³-hybridized carbons (Fsp3) is 0.300. The molecule has 1 amide bonds. The Morgan fingerprint density at radius 1 is 1.18 bits per heavy atom. The van der Waals surface area contributed by atoms with Crippen molar-refractivity contribution in [3.8, 4) is 17.2 Å². The SMILES string of the molecule is COc1ccc(OC)c(C2=NN(C(C)=O)C(COc3ccc(Cl)cc3C)O2)c1. The Balaban J connectivity index is 1.81. The van der Waals surface area contributed by atoms with Crippen LogP contribution in [0, 0.1) is 6.92 Å². The molecule has 2 aromatic rings. The number of hydrazone groups is 1. The molecule has 2 aromatic carbocycles. The molecule has 7 nitrogen and oxygen atoms in total. The van der Waals surface area contributed by atoms with Gasteiger partial charge in [-0.3, -0.25) is 4.79 Å². The number of hydrogen-bond acceptors (Lipinski definition) is 6. The molecule has 0 fully saturated rings. The summed E-state index contributed by atoms with van der Waals surface area (Å²) in [5.74, 6) is 1.82. The summed E-state index contributed by atoms with van der Waals surface area (Å²) in [6.07, 6.45) is -0.710. The number of nitrogens with zero attached hydrogens (tertiary/aromatic N) is 2. The van der Waals surface area contributed by atoms with E-state index in [1.54, 1.807) is 50.6 Å². The standard InChI is InChI=1S/C20H21ClN2O5/c1-12-9-14(21)5-7-17(12)27-11-19-23(13(2)24)22-20(28-19)16-10-15(25-3)6-8-18(16)26-4/h5-10,19H,11H2,1-4H3. The van der Waals surface area contributed by atoms with Crippen LogP contribution in [0.2, 0.25) is 5.02 Å². The Bertz CT molecular complexity index is 915. The van der Waals surface area contributed by atoms with E-state index in [9.17, 15) is 4.79 Å². The highest BCUT2D eigenvalue weighted by Gasteiger charge is 2.33. The minimum atomic E-state index is -0.710. The Morgan fingerprint density at radius 3 is 2.57 bits per heavy atom. The number of amides is 1. The lowest BCUT2D eigenvalue weighted by atomic mass is 10.2. The van der Waals surface area contributed by atoms with Gasteiger partial charge in [0.15, 0.2) is 0 Å². The predicted molar refractivity (Wildman–Crippen MR) is 105 cm³/mol. The lowest BCUT2D eigenvalue weighted by molar-refractivity contribution is -0.136. The fourth-order valence-electron chi connectivity index (χ4n) is 2.78. The van der Waals surface area contributed by atoms with Gasteiger partial charge in [0.25, 0.3) is 0 Å². The molecule has 0 saturated heterocycles. The number of rotatable bonds is 6. The molecular weight excluding hydrogens is 384 g/mol. The third-order valence-corrected chi connectivity index (χ3v) is 4.43. The summed E-state index contributed by atoms with van der Waals surface area (Å²) in [4.78, 5) is 12.0. The minimum Gasteiger partial charge on any atom is -0.497 e. The van der Waals surface area contributed by atoms with Gasteiger partial charge < -0.3 is 18.9 Å². The van der Waals surface area contributed by atoms with Gasteiger partial charge >= 0.3 is 0 Å². The van der Waals surface area contributed by atoms with Crippen LogP contribution in [0.25, 0.3) is 0 Å². The van der Waals surface area contributed by atoms with Crippen LogP contribution in [0.3, 0.4) is 0 Å². The number of carbonyl (C=O) groups excluding carboxylic acids is 1. The first-order valence-corrected chi connectivity index (χ1v) is 8.97. The van der Waals surface area contributed by atoms with E-state index >= 15 is 0 Å². The van der Waals surface area contributed by atoms with Crippen LogP contribution in [0.5, 0.6) is 17.2 Å². The topological polar surface area (TPSA) is 69.6 Å². The van der Waals surface area contributed by atoms with Crippen LogP contribution in [0.15, 0.2) is 41.5 Å². The van der Waals surface area contributed by atoms with Crippen molar-refractivity contribution in [3.63, 3.8) is 0 Å². The summed E-state index contributed by atoms with van der Waals surface area (Å²) >= 11 is 5.98. The molecule has 0 spiro atoms. The highest BCUT2D eigenvalue weighted by atomic mass is 35.5. The van der Waals surface area contributed by atoms with Crippen molar-refractivity contribution >= 4 is 23.4 Å². The molecule has 3 rings (SSSR count). The number of ether oxygens (including phenoxy) is 4. The average molecular weight is 405 g/mol. The van der Waals surface area contributed by atoms with Crippen LogP contribution in [0.1, 0.15) is 18.1 Å². The highest BCUT2D eigenvalue weighted by molar-refractivity contribution is 6.30. The van der Waals surface area contributed by atoms with Crippen molar-refractivity contribution in [1.82, 2.24) is 5.01 Å². The van der Waals surface area contributed by atoms with Crippen molar-refractivity contribution in [3.05, 3.63) is 52.5 Å². The molecule has 8 heteroatoms. The number of carbonyl (C=O) groups is 1. The lowest BCUT2D eigenvalue weighted by Crippen LogP contribution is -2.36. The lowest BCUT2D eigenvalue weighted by Gasteiger charge is -2.20. The maximum absolute atomic E-state index is 12.0. The zero-order chi connectivity index (χ0) is 20.3. The Kier molecular flexibility index (Phi) is 5.94. The molecule has 1 aliphatic heterocycles. The molecule has 0 aliphatic carbocycles. The van der Waals surface area contributed by atoms with Crippen molar-refractivity contribution in [2.75, 3.05) is 20.8 Å². The third-order valence-electron chi connectivity index (χ3n) is 4.20. The zero-order valence-electron chi connectivity index (χ0n) is 16.1. The number of benzene rings is 2. The van der Waals surface area contributed by atoms with Gasteiger partial charge in [-0.05, 0) is 48.9 Å². The summed E-state index contributed by atoms with van der Waals surface area (Å²) in [6, 6.07) is 10.6. The summed E-state index contributed by atoms with van der Waals surface area (Å²) < 4.78 is 22.4. The second-order valence-corrected chi connectivity index (χ2v) is 6.56. The summed E-state index contributed by atoms with van der Waals surface area (Å²) in [6.45, 7) is 3.41. The molecule has 28 heavy (non-hydrogen) atoms. The molecule has 0 aromatic heterocycles. The minimum absolute atomic E-state index is 0.0985. The molecule has 1 atom stereocenters. The van der Waals surface area contributed by atoms with Gasteiger partial charge in [-0.2, -0.15) is 5.01 Å². The predicted octanol–water partition coefficient (Wildman–Crippen LogP) is 3.61. The first kappa shape index (κ1) is 19.8. The molecule has 0 saturated carbocycles. The van der Waals surface area contributed by atoms with Gasteiger partial charge in [-0.15, -0.1) is 5.10 Å². The second kappa shape index (κ2) is 8.39. The van der Waals surface area contributed by atoms with Crippen molar-refractivity contribution in [1.29, 1.82) is 0 Å². The molecule has 1 aliphatic rings. The maximum Gasteiger partial charge on any atom is 0.244 e. The van der Waals surface area contributed by atoms with Crippen LogP contribution in [0.4, 0.5) is 0 Å². The zero-order valence-corrected chi connectivity index (χ0v) is 16.8. The third kappa shape index (κ3) is 4.14. The van der Waals surface area contributed by atoms with E-state index in [1.165, 1.54) is 11.9 Å². The largest absolute Gasteiger partial charge is 0.497 e. The summed E-state index contributed by atoms with van der Waals surface area (Å²) in [7, 11) is 3.11. The fourth-order valence-corrected chi connectivity index (χ4v) is 3.00. The maximum atomic E-state index is 12.0. The van der Waals surface area contributed by atoms with Gasteiger partial charge in [0.2, 0.25) is 18.0 Å². The quantitative estimate of drug-likeness (QED) is 0.735. The van der Waals surface area contributed by atoms with Gasteiger partial charge in [-0.25, -0.2) is 0 Å². The van der Waals surface area contributed by atoms with Gasteiger partial charge in [0.1, 0.15) is 23.9 Å². The van der Waals surface area contributed by atoms with Crippen LogP contribution in [-0.2, 0) is 9.53 Å². The Hall–Kier alpha value is -2.93. The smallest absolute Gasteiger partial charge is 0.244 e. The van der Waals surface area contributed by atoms with Gasteiger partial charge in [-0.1, -0.05) is 11.6 Å².